The molecule has 2 fully saturated rings. The molecule has 0 aromatic carbocycles. The van der Waals surface area contributed by atoms with E-state index in [9.17, 15) is 19.6 Å². The summed E-state index contributed by atoms with van der Waals surface area (Å²) in [5.74, 6) is -1.00. The van der Waals surface area contributed by atoms with Crippen LogP contribution in [-0.2, 0) is 30.3 Å². The van der Waals surface area contributed by atoms with Crippen molar-refractivity contribution in [1.82, 2.24) is 44.5 Å². The fraction of sp³-hybridized carbons (Fsp3) is 0.526. The molecule has 2 aliphatic heterocycles. The van der Waals surface area contributed by atoms with Gasteiger partial charge in [0, 0.05) is 12.5 Å². The van der Waals surface area contributed by atoms with E-state index in [1.54, 1.807) is 0 Å². The van der Waals surface area contributed by atoms with Gasteiger partial charge in [-0.1, -0.05) is 5.21 Å². The molecule has 2 saturated heterocycles. The Kier molecular flexibility index (Phi) is 6.95. The largest absolute Gasteiger partial charge is 0.379 e. The lowest BCUT2D eigenvalue weighted by Crippen LogP contribution is -2.32. The van der Waals surface area contributed by atoms with Crippen molar-refractivity contribution < 1.29 is 32.9 Å². The van der Waals surface area contributed by atoms with Crippen molar-refractivity contribution in [3.8, 4) is 0 Å². The summed E-state index contributed by atoms with van der Waals surface area (Å²) in [5.41, 5.74) is 4.27. The molecule has 2 aliphatic rings. The van der Waals surface area contributed by atoms with E-state index in [1.807, 2.05) is 0 Å². The Morgan fingerprint density at radius 1 is 1.23 bits per heavy atom. The zero-order valence-electron chi connectivity index (χ0n) is 20.2. The lowest BCUT2D eigenvalue weighted by Gasteiger charge is -2.27. The smallest absolute Gasteiger partial charge is 0.325 e. The summed E-state index contributed by atoms with van der Waals surface area (Å²) in [4.78, 5) is 51.6. The van der Waals surface area contributed by atoms with Crippen molar-refractivity contribution in [2.24, 2.45) is 5.92 Å². The van der Waals surface area contributed by atoms with Crippen LogP contribution < -0.4 is 16.9 Å². The summed E-state index contributed by atoms with van der Waals surface area (Å²) in [7, 11) is 0. The molecule has 0 bridgehead atoms. The Labute approximate surface area is 226 Å². The van der Waals surface area contributed by atoms with Crippen molar-refractivity contribution in [2.45, 2.75) is 37.3 Å². The number of halogens is 1. The maximum absolute atomic E-state index is 15.7. The second kappa shape index (κ2) is 10.3. The van der Waals surface area contributed by atoms with Gasteiger partial charge in [-0.25, -0.2) is 14.4 Å². The Hall–Kier alpha value is -3.23. The van der Waals surface area contributed by atoms with Gasteiger partial charge < -0.3 is 34.7 Å². The standard InChI is InChI=1S/C19H22FN10O8PS/c20-10-7-1-2-35-3-9(17(33)30-14-12(27-28-30)16(32)26-19(21)25-14)38-39(34,40)36-4-8(7)37-18(10)29-6-24-11-13(29)22-5-23-15(11)31/h5-10,17-18,33H,1-4H2,(H,34,40)(H,22,23,31)(H3,21,25,26,32)/t7-,8-,9-,10+,17-,18-,39?/m1/s1. The minimum absolute atomic E-state index is 0.00408. The van der Waals surface area contributed by atoms with Crippen LogP contribution in [0, 0.1) is 5.92 Å². The summed E-state index contributed by atoms with van der Waals surface area (Å²) in [6.45, 7) is -4.75. The van der Waals surface area contributed by atoms with Gasteiger partial charge in [-0.15, -0.1) is 5.10 Å². The molecule has 6 N–H and O–H groups in total. The minimum Gasteiger partial charge on any atom is -0.379 e. The molecule has 40 heavy (non-hydrogen) atoms. The number of aliphatic hydroxyl groups excluding tert-OH is 1. The molecule has 6 heterocycles. The number of nitrogen functional groups attached to an aromatic ring is 1. The first-order chi connectivity index (χ1) is 19.1. The van der Waals surface area contributed by atoms with Crippen LogP contribution in [0.5, 0.6) is 0 Å². The Balaban J connectivity index is 1.22. The summed E-state index contributed by atoms with van der Waals surface area (Å²) < 4.78 is 40.6. The number of ether oxygens (including phenoxy) is 2. The van der Waals surface area contributed by atoms with E-state index in [0.717, 1.165) is 4.68 Å². The Bertz CT molecular complexity index is 1730. The van der Waals surface area contributed by atoms with Gasteiger partial charge in [-0.05, 0) is 18.2 Å². The Morgan fingerprint density at radius 2 is 2.05 bits per heavy atom. The minimum atomic E-state index is -4.07. The van der Waals surface area contributed by atoms with Crippen LogP contribution in [-0.4, -0.2) is 92.7 Å². The fourth-order valence-corrected chi connectivity index (χ4v) is 6.12. The van der Waals surface area contributed by atoms with Crippen molar-refractivity contribution in [3.05, 3.63) is 33.4 Å². The third-order valence-electron chi connectivity index (χ3n) is 6.60. The van der Waals surface area contributed by atoms with E-state index < -0.39 is 54.6 Å². The van der Waals surface area contributed by atoms with Gasteiger partial charge in [-0.2, -0.15) is 9.67 Å². The zero-order valence-corrected chi connectivity index (χ0v) is 21.9. The number of fused-ring (bicyclic) bond motifs is 3. The normalized spacial score (nSPS) is 30.7. The number of alkyl halides is 1. The van der Waals surface area contributed by atoms with Crippen LogP contribution in [0.15, 0.2) is 22.2 Å². The number of hydrogen-bond acceptors (Lipinski definition) is 14. The molecule has 0 amide bonds. The molecule has 0 saturated carbocycles. The van der Waals surface area contributed by atoms with Gasteiger partial charge in [0.15, 0.2) is 41.0 Å². The van der Waals surface area contributed by atoms with E-state index in [-0.39, 0.29) is 54.5 Å². The number of rotatable bonds is 3. The van der Waals surface area contributed by atoms with Crippen LogP contribution in [0.25, 0.3) is 22.3 Å². The quantitative estimate of drug-likeness (QED) is 0.170. The highest BCUT2D eigenvalue weighted by atomic mass is 32.5. The van der Waals surface area contributed by atoms with Crippen molar-refractivity contribution >= 4 is 46.8 Å². The van der Waals surface area contributed by atoms with E-state index in [4.69, 9.17) is 36.1 Å². The molecule has 4 aromatic rings. The molecule has 7 atom stereocenters. The highest BCUT2D eigenvalue weighted by molar-refractivity contribution is 8.07. The predicted molar refractivity (Wildman–Crippen MR) is 135 cm³/mol. The third-order valence-corrected chi connectivity index (χ3v) is 8.18. The molecule has 0 aliphatic carbocycles. The average molecular weight is 600 g/mol. The Morgan fingerprint density at radius 3 is 2.88 bits per heavy atom. The van der Waals surface area contributed by atoms with E-state index >= 15 is 4.39 Å². The van der Waals surface area contributed by atoms with Crippen LogP contribution in [0.3, 0.4) is 0 Å². The van der Waals surface area contributed by atoms with Gasteiger partial charge in [0.1, 0.15) is 6.10 Å². The molecule has 18 nitrogen and oxygen atoms in total. The molecule has 4 aromatic heterocycles. The van der Waals surface area contributed by atoms with Gasteiger partial charge in [0.2, 0.25) is 5.95 Å². The molecule has 6 rings (SSSR count). The first-order valence-electron chi connectivity index (χ1n) is 11.8. The molecular formula is C19H22FN10O8PS. The lowest BCUT2D eigenvalue weighted by molar-refractivity contribution is -0.0701. The summed E-state index contributed by atoms with van der Waals surface area (Å²) in [5, 5.41) is 18.4. The predicted octanol–water partition coefficient (Wildman–Crippen LogP) is -1.39. The number of H-pyrrole nitrogens is 2. The van der Waals surface area contributed by atoms with E-state index in [2.05, 4.69) is 35.2 Å². The molecule has 21 heteroatoms. The summed E-state index contributed by atoms with van der Waals surface area (Å²) in [6.07, 6.45) is -4.10. The number of nitrogens with two attached hydrogens (primary N) is 1. The van der Waals surface area contributed by atoms with Crippen molar-refractivity contribution in [1.29, 1.82) is 0 Å². The first kappa shape index (κ1) is 27.0. The fourth-order valence-electron chi connectivity index (χ4n) is 4.70. The summed E-state index contributed by atoms with van der Waals surface area (Å²) >= 11 is 5.14. The van der Waals surface area contributed by atoms with Crippen LogP contribution in [0.2, 0.25) is 0 Å². The topological polar surface area (TPSA) is 243 Å². The highest BCUT2D eigenvalue weighted by Gasteiger charge is 2.47. The zero-order chi connectivity index (χ0) is 28.2. The summed E-state index contributed by atoms with van der Waals surface area (Å²) in [6, 6.07) is 0. The average Bonchev–Trinajstić information content (AvgIpc) is 3.60. The number of aliphatic hydroxyl groups is 1. The number of nitrogens with zero attached hydrogens (tertiary/aromatic N) is 7. The van der Waals surface area contributed by atoms with Gasteiger partial charge in [0.25, 0.3) is 11.1 Å². The third kappa shape index (κ3) is 4.81. The monoisotopic (exact) mass is 600 g/mol. The maximum atomic E-state index is 15.7. The molecule has 214 valence electrons. The van der Waals surface area contributed by atoms with E-state index in [0.29, 0.717) is 0 Å². The first-order valence-corrected chi connectivity index (χ1v) is 14.4. The lowest BCUT2D eigenvalue weighted by atomic mass is 9.96. The maximum Gasteiger partial charge on any atom is 0.325 e. The van der Waals surface area contributed by atoms with Gasteiger partial charge >= 0.3 is 6.72 Å². The second-order valence-corrected chi connectivity index (χ2v) is 11.9. The number of aromatic amines is 2. The number of imidazole rings is 1. The van der Waals surface area contributed by atoms with Gasteiger partial charge in [0.05, 0.1) is 32.0 Å². The van der Waals surface area contributed by atoms with Crippen LogP contribution in [0.4, 0.5) is 10.3 Å². The van der Waals surface area contributed by atoms with Gasteiger partial charge in [-0.3, -0.25) is 23.7 Å². The number of anilines is 1. The SMILES string of the molecule is Nc1nc2c(nnn2[C@H](O)[C@H]2COCC[C@H]3[C@H](F)[C@H](n4cnc5c(=O)[nH]cnc54)O[C@@H]3COP(O)(=S)O2)c(=O)[nH]1. The van der Waals surface area contributed by atoms with E-state index in [1.165, 1.54) is 17.2 Å². The van der Waals surface area contributed by atoms with Crippen LogP contribution >= 0.6 is 6.72 Å². The number of aromatic nitrogens is 9. The number of nitrogens with one attached hydrogen (secondary N) is 2. The second-order valence-electron chi connectivity index (χ2n) is 9.07. The molecule has 1 unspecified atom stereocenters. The van der Waals surface area contributed by atoms with Crippen molar-refractivity contribution in [2.75, 3.05) is 25.6 Å². The van der Waals surface area contributed by atoms with Crippen LogP contribution in [0.1, 0.15) is 18.9 Å². The highest BCUT2D eigenvalue weighted by Crippen LogP contribution is 2.49. The molecular weight excluding hydrogens is 578 g/mol. The molecule has 0 radical (unpaired) electrons. The number of hydrogen-bond donors (Lipinski definition) is 5. The van der Waals surface area contributed by atoms with Crippen molar-refractivity contribution in [3.63, 3.8) is 0 Å². The molecule has 0 spiro atoms.